The van der Waals surface area contributed by atoms with Crippen LogP contribution in [0.3, 0.4) is 0 Å². The van der Waals surface area contributed by atoms with Gasteiger partial charge in [0, 0.05) is 30.7 Å². The van der Waals surface area contributed by atoms with Gasteiger partial charge in [-0.1, -0.05) is 35.9 Å². The molecule has 0 saturated carbocycles. The number of hydrogen-bond donors (Lipinski definition) is 6. The first-order valence-corrected chi connectivity index (χ1v) is 9.60. The van der Waals surface area contributed by atoms with Crippen molar-refractivity contribution in [2.75, 3.05) is 13.7 Å². The zero-order chi connectivity index (χ0) is 21.6. The molecule has 4 unspecified atom stereocenters. The van der Waals surface area contributed by atoms with Gasteiger partial charge >= 0.3 is 0 Å². The van der Waals surface area contributed by atoms with Crippen LogP contribution >= 0.6 is 11.6 Å². The number of halogens is 1. The molecule has 0 radical (unpaired) electrons. The van der Waals surface area contributed by atoms with Crippen LogP contribution in [-0.4, -0.2) is 69.5 Å². The molecule has 0 spiro atoms. The number of nitrogens with one attached hydrogen (secondary N) is 1. The molecule has 0 aliphatic rings. The minimum absolute atomic E-state index is 0.0402. The zero-order valence-electron chi connectivity index (χ0n) is 16.0. The molecule has 0 fully saturated rings. The van der Waals surface area contributed by atoms with Gasteiger partial charge < -0.3 is 30.8 Å². The van der Waals surface area contributed by atoms with Gasteiger partial charge in [0.1, 0.15) is 12.2 Å². The third-order valence-corrected chi connectivity index (χ3v) is 5.08. The number of aliphatic hydroxyl groups is 5. The Labute approximate surface area is 174 Å². The fourth-order valence-electron chi connectivity index (χ4n) is 2.98. The summed E-state index contributed by atoms with van der Waals surface area (Å²) in [4.78, 5) is 11.8. The Balaban J connectivity index is 2.14. The summed E-state index contributed by atoms with van der Waals surface area (Å²) in [6.07, 6.45) is -6.07. The Bertz CT molecular complexity index is 831. The van der Waals surface area contributed by atoms with E-state index in [4.69, 9.17) is 16.7 Å². The second kappa shape index (κ2) is 10.7. The lowest BCUT2D eigenvalue weighted by atomic mass is 9.95. The van der Waals surface area contributed by atoms with Gasteiger partial charge in [-0.15, -0.1) is 0 Å². The summed E-state index contributed by atoms with van der Waals surface area (Å²) in [5.41, 5.74) is 2.63. The summed E-state index contributed by atoms with van der Waals surface area (Å²) in [6.45, 7) is -0.352. The van der Waals surface area contributed by atoms with E-state index in [-0.39, 0.29) is 25.4 Å². The number of carbonyl (C=O) groups excluding carboxylic acids is 1. The predicted molar refractivity (Wildman–Crippen MR) is 110 cm³/mol. The van der Waals surface area contributed by atoms with Crippen molar-refractivity contribution in [2.24, 2.45) is 0 Å². The second-order valence-corrected chi connectivity index (χ2v) is 7.21. The molecule has 2 aromatic rings. The van der Waals surface area contributed by atoms with E-state index in [2.05, 4.69) is 5.32 Å². The van der Waals surface area contributed by atoms with Gasteiger partial charge in [0.05, 0.1) is 12.2 Å². The topological polar surface area (TPSA) is 130 Å². The molecule has 0 aromatic heterocycles. The molecule has 8 heteroatoms. The van der Waals surface area contributed by atoms with E-state index in [1.807, 2.05) is 6.07 Å². The Morgan fingerprint density at radius 2 is 1.66 bits per heavy atom. The monoisotopic (exact) mass is 423 g/mol. The normalized spacial score (nSPS) is 15.4. The molecule has 0 aliphatic carbocycles. The largest absolute Gasteiger partial charge is 0.396 e. The number of amides is 1. The Hall–Kier alpha value is -2.00. The SMILES string of the molecule is CNC(=O)c1cccc(-c2ccc(CC(O)C(O)C(O)C(O)CCO)c(Cl)c2)c1. The van der Waals surface area contributed by atoms with Crippen molar-refractivity contribution in [1.82, 2.24) is 5.32 Å². The molecule has 6 N–H and O–H groups in total. The van der Waals surface area contributed by atoms with Gasteiger partial charge in [-0.25, -0.2) is 0 Å². The first-order valence-electron chi connectivity index (χ1n) is 9.22. The number of hydrogen-bond acceptors (Lipinski definition) is 6. The summed E-state index contributed by atoms with van der Waals surface area (Å²) in [6, 6.07) is 12.2. The van der Waals surface area contributed by atoms with Gasteiger partial charge in [-0.2, -0.15) is 0 Å². The van der Waals surface area contributed by atoms with E-state index in [1.54, 1.807) is 43.4 Å². The maximum absolute atomic E-state index is 11.8. The fraction of sp³-hybridized carbons (Fsp3) is 0.381. The number of benzene rings is 2. The molecule has 4 atom stereocenters. The zero-order valence-corrected chi connectivity index (χ0v) is 16.8. The van der Waals surface area contributed by atoms with E-state index in [9.17, 15) is 25.2 Å². The molecule has 29 heavy (non-hydrogen) atoms. The minimum Gasteiger partial charge on any atom is -0.396 e. The van der Waals surface area contributed by atoms with E-state index in [0.29, 0.717) is 16.1 Å². The highest BCUT2D eigenvalue weighted by molar-refractivity contribution is 6.31. The lowest BCUT2D eigenvalue weighted by molar-refractivity contribution is -0.108. The average molecular weight is 424 g/mol. The Morgan fingerprint density at radius 3 is 2.28 bits per heavy atom. The van der Waals surface area contributed by atoms with Crippen molar-refractivity contribution in [1.29, 1.82) is 0 Å². The van der Waals surface area contributed by atoms with Crippen LogP contribution in [0.5, 0.6) is 0 Å². The summed E-state index contributed by atoms with van der Waals surface area (Å²) in [5, 5.41) is 51.5. The van der Waals surface area contributed by atoms with E-state index in [1.165, 1.54) is 0 Å². The molecular formula is C21H26ClNO6. The van der Waals surface area contributed by atoms with Gasteiger partial charge in [0.25, 0.3) is 5.91 Å². The highest BCUT2D eigenvalue weighted by atomic mass is 35.5. The van der Waals surface area contributed by atoms with Crippen molar-refractivity contribution < 1.29 is 30.3 Å². The molecule has 0 saturated heterocycles. The number of aliphatic hydroxyl groups excluding tert-OH is 5. The van der Waals surface area contributed by atoms with E-state index in [0.717, 1.165) is 11.1 Å². The maximum Gasteiger partial charge on any atom is 0.251 e. The molecular weight excluding hydrogens is 398 g/mol. The Kier molecular flexibility index (Phi) is 8.58. The average Bonchev–Trinajstić information content (AvgIpc) is 2.73. The van der Waals surface area contributed by atoms with Crippen LogP contribution in [0.15, 0.2) is 42.5 Å². The minimum atomic E-state index is -1.60. The quantitative estimate of drug-likeness (QED) is 0.352. The first kappa shape index (κ1) is 23.3. The second-order valence-electron chi connectivity index (χ2n) is 6.80. The standard InChI is InChI=1S/C21H26ClNO6/c1-23-21(29)15-4-2-3-12(9-15)13-5-6-14(16(22)10-13)11-18(26)20(28)19(27)17(25)7-8-24/h2-6,9-10,17-20,24-28H,7-8,11H2,1H3,(H,23,29). The van der Waals surface area contributed by atoms with Crippen molar-refractivity contribution in [3.63, 3.8) is 0 Å². The first-order chi connectivity index (χ1) is 13.8. The van der Waals surface area contributed by atoms with Crippen molar-refractivity contribution >= 4 is 17.5 Å². The van der Waals surface area contributed by atoms with Crippen LogP contribution in [0.4, 0.5) is 0 Å². The summed E-state index contributed by atoms with van der Waals surface area (Å²) < 4.78 is 0. The third-order valence-electron chi connectivity index (χ3n) is 4.73. The van der Waals surface area contributed by atoms with Crippen LogP contribution in [0.2, 0.25) is 5.02 Å². The van der Waals surface area contributed by atoms with Gasteiger partial charge in [-0.05, 0) is 41.3 Å². The van der Waals surface area contributed by atoms with Crippen LogP contribution in [0.1, 0.15) is 22.3 Å². The Morgan fingerprint density at radius 1 is 1.00 bits per heavy atom. The summed E-state index contributed by atoms with van der Waals surface area (Å²) in [5.74, 6) is -0.200. The fourth-order valence-corrected chi connectivity index (χ4v) is 3.24. The van der Waals surface area contributed by atoms with Crippen molar-refractivity contribution in [3.8, 4) is 11.1 Å². The lowest BCUT2D eigenvalue weighted by Crippen LogP contribution is -2.45. The lowest BCUT2D eigenvalue weighted by Gasteiger charge is -2.26. The molecule has 0 aliphatic heterocycles. The number of carbonyl (C=O) groups is 1. The van der Waals surface area contributed by atoms with Crippen LogP contribution < -0.4 is 5.32 Å². The van der Waals surface area contributed by atoms with Crippen molar-refractivity contribution in [3.05, 3.63) is 58.6 Å². The summed E-state index contributed by atoms with van der Waals surface area (Å²) in [7, 11) is 1.56. The molecule has 0 heterocycles. The van der Waals surface area contributed by atoms with Gasteiger partial charge in [0.15, 0.2) is 0 Å². The summed E-state index contributed by atoms with van der Waals surface area (Å²) >= 11 is 6.33. The predicted octanol–water partition coefficient (Wildman–Crippen LogP) is 0.735. The van der Waals surface area contributed by atoms with E-state index < -0.39 is 24.4 Å². The van der Waals surface area contributed by atoms with Gasteiger partial charge in [0.2, 0.25) is 0 Å². The van der Waals surface area contributed by atoms with Gasteiger partial charge in [-0.3, -0.25) is 4.79 Å². The van der Waals surface area contributed by atoms with E-state index >= 15 is 0 Å². The molecule has 7 nitrogen and oxygen atoms in total. The molecule has 0 bridgehead atoms. The van der Waals surface area contributed by atoms with Crippen molar-refractivity contribution in [2.45, 2.75) is 37.3 Å². The smallest absolute Gasteiger partial charge is 0.251 e. The third kappa shape index (κ3) is 5.99. The number of rotatable bonds is 9. The molecule has 2 aromatic carbocycles. The van der Waals surface area contributed by atoms with Crippen LogP contribution in [0, 0.1) is 0 Å². The maximum atomic E-state index is 11.8. The highest BCUT2D eigenvalue weighted by Crippen LogP contribution is 2.28. The molecule has 2 rings (SSSR count). The van der Waals surface area contributed by atoms with Crippen LogP contribution in [-0.2, 0) is 6.42 Å². The van der Waals surface area contributed by atoms with Crippen LogP contribution in [0.25, 0.3) is 11.1 Å². The molecule has 158 valence electrons. The molecule has 1 amide bonds. The highest BCUT2D eigenvalue weighted by Gasteiger charge is 2.30.